The molecular formula is C13H21NO3. The molecule has 1 rings (SSSR count). The Morgan fingerprint density at radius 3 is 2.76 bits per heavy atom. The maximum Gasteiger partial charge on any atom is 0.160 e. The van der Waals surface area contributed by atoms with E-state index in [-0.39, 0.29) is 12.4 Å². The molecule has 0 spiro atoms. The second kappa shape index (κ2) is 7.92. The molecule has 0 amide bonds. The van der Waals surface area contributed by atoms with Crippen LogP contribution < -0.4 is 10.1 Å². The minimum Gasteiger partial charge on any atom is -0.504 e. The molecule has 1 aromatic rings. The fourth-order valence-corrected chi connectivity index (χ4v) is 1.60. The Balaban J connectivity index is 2.27. The first-order chi connectivity index (χ1) is 8.27. The highest BCUT2D eigenvalue weighted by molar-refractivity contribution is 5.41. The van der Waals surface area contributed by atoms with E-state index in [4.69, 9.17) is 9.84 Å². The van der Waals surface area contributed by atoms with Crippen LogP contribution in [0.5, 0.6) is 11.5 Å². The lowest BCUT2D eigenvalue weighted by Crippen LogP contribution is -2.14. The molecule has 1 aromatic carbocycles. The number of benzene rings is 1. The Labute approximate surface area is 102 Å². The largest absolute Gasteiger partial charge is 0.504 e. The summed E-state index contributed by atoms with van der Waals surface area (Å²) in [5.74, 6) is 0.670. The molecule has 3 N–H and O–H groups in total. The molecule has 4 nitrogen and oxygen atoms in total. The van der Waals surface area contributed by atoms with Crippen LogP contribution in [0, 0.1) is 0 Å². The van der Waals surface area contributed by atoms with Crippen molar-refractivity contribution in [3.63, 3.8) is 0 Å². The molecular weight excluding hydrogens is 218 g/mol. The first kappa shape index (κ1) is 13.8. The number of aliphatic hydroxyl groups excluding tert-OH is 1. The van der Waals surface area contributed by atoms with Crippen molar-refractivity contribution in [3.05, 3.63) is 23.8 Å². The average Bonchev–Trinajstić information content (AvgIpc) is 2.35. The number of aromatic hydroxyl groups is 1. The third-order valence-corrected chi connectivity index (χ3v) is 2.58. The van der Waals surface area contributed by atoms with Gasteiger partial charge in [-0.3, -0.25) is 0 Å². The summed E-state index contributed by atoms with van der Waals surface area (Å²) >= 11 is 0. The highest BCUT2D eigenvalue weighted by Gasteiger charge is 2.01. The van der Waals surface area contributed by atoms with E-state index in [0.29, 0.717) is 5.75 Å². The fourth-order valence-electron chi connectivity index (χ4n) is 1.60. The van der Waals surface area contributed by atoms with E-state index in [9.17, 15) is 5.11 Å². The number of aliphatic hydroxyl groups is 1. The van der Waals surface area contributed by atoms with Crippen LogP contribution in [0.2, 0.25) is 0 Å². The molecule has 0 atom stereocenters. The van der Waals surface area contributed by atoms with Crippen molar-refractivity contribution in [2.45, 2.75) is 25.8 Å². The standard InChI is InChI=1S/C13H21NO3/c1-17-13-9-11(5-6-12(13)16)10-14-7-3-2-4-8-15/h5-6,9,14-16H,2-4,7-8,10H2,1H3. The number of nitrogens with one attached hydrogen (secondary N) is 1. The SMILES string of the molecule is COc1cc(CNCCCCCO)ccc1O. The summed E-state index contributed by atoms with van der Waals surface area (Å²) in [6.45, 7) is 1.97. The summed E-state index contributed by atoms with van der Waals surface area (Å²) in [4.78, 5) is 0. The number of unbranched alkanes of at least 4 members (excludes halogenated alkanes) is 2. The minimum atomic E-state index is 0.166. The van der Waals surface area contributed by atoms with Crippen LogP contribution in [-0.2, 0) is 6.54 Å². The van der Waals surface area contributed by atoms with E-state index in [2.05, 4.69) is 5.32 Å². The highest BCUT2D eigenvalue weighted by Crippen LogP contribution is 2.26. The van der Waals surface area contributed by atoms with Crippen LogP contribution in [0.25, 0.3) is 0 Å². The third kappa shape index (κ3) is 5.06. The lowest BCUT2D eigenvalue weighted by atomic mass is 10.2. The van der Waals surface area contributed by atoms with Gasteiger partial charge in [-0.1, -0.05) is 6.07 Å². The van der Waals surface area contributed by atoms with E-state index in [0.717, 1.165) is 37.9 Å². The Kier molecular flexibility index (Phi) is 6.43. The average molecular weight is 239 g/mol. The van der Waals surface area contributed by atoms with E-state index in [1.54, 1.807) is 13.2 Å². The number of methoxy groups -OCH3 is 1. The molecule has 0 saturated carbocycles. The minimum absolute atomic E-state index is 0.166. The number of hydrogen-bond acceptors (Lipinski definition) is 4. The van der Waals surface area contributed by atoms with Crippen LogP contribution in [0.1, 0.15) is 24.8 Å². The van der Waals surface area contributed by atoms with Gasteiger partial charge in [0.25, 0.3) is 0 Å². The van der Waals surface area contributed by atoms with Crippen molar-refractivity contribution in [1.82, 2.24) is 5.32 Å². The van der Waals surface area contributed by atoms with Gasteiger partial charge in [-0.15, -0.1) is 0 Å². The number of ether oxygens (including phenoxy) is 1. The Bertz CT molecular complexity index is 328. The highest BCUT2D eigenvalue weighted by atomic mass is 16.5. The van der Waals surface area contributed by atoms with Crippen molar-refractivity contribution >= 4 is 0 Å². The van der Waals surface area contributed by atoms with Crippen molar-refractivity contribution in [3.8, 4) is 11.5 Å². The zero-order valence-electron chi connectivity index (χ0n) is 10.3. The van der Waals surface area contributed by atoms with Crippen LogP contribution >= 0.6 is 0 Å². The van der Waals surface area contributed by atoms with Crippen LogP contribution in [0.15, 0.2) is 18.2 Å². The second-order valence-electron chi connectivity index (χ2n) is 3.97. The summed E-state index contributed by atoms with van der Waals surface area (Å²) in [7, 11) is 1.54. The topological polar surface area (TPSA) is 61.7 Å². The van der Waals surface area contributed by atoms with Gasteiger partial charge in [0.05, 0.1) is 7.11 Å². The molecule has 96 valence electrons. The third-order valence-electron chi connectivity index (χ3n) is 2.58. The van der Waals surface area contributed by atoms with Crippen molar-refractivity contribution in [2.24, 2.45) is 0 Å². The zero-order chi connectivity index (χ0) is 12.5. The fraction of sp³-hybridized carbons (Fsp3) is 0.538. The molecule has 0 aliphatic rings. The van der Waals surface area contributed by atoms with Gasteiger partial charge < -0.3 is 20.3 Å². The Hall–Kier alpha value is -1.26. The van der Waals surface area contributed by atoms with E-state index >= 15 is 0 Å². The smallest absolute Gasteiger partial charge is 0.160 e. The van der Waals surface area contributed by atoms with Crippen molar-refractivity contribution < 1.29 is 14.9 Å². The molecule has 0 heterocycles. The van der Waals surface area contributed by atoms with Gasteiger partial charge in [0.15, 0.2) is 11.5 Å². The summed E-state index contributed by atoms with van der Waals surface area (Å²) in [6, 6.07) is 5.34. The molecule has 0 fully saturated rings. The summed E-state index contributed by atoms with van der Waals surface area (Å²) < 4.78 is 5.04. The number of hydrogen-bond donors (Lipinski definition) is 3. The normalized spacial score (nSPS) is 10.5. The van der Waals surface area contributed by atoms with E-state index in [1.165, 1.54) is 0 Å². The maximum absolute atomic E-state index is 9.43. The molecule has 0 saturated heterocycles. The molecule has 0 unspecified atom stereocenters. The first-order valence-corrected chi connectivity index (χ1v) is 5.95. The molecule has 0 aromatic heterocycles. The molecule has 0 aliphatic carbocycles. The van der Waals surface area contributed by atoms with Crippen molar-refractivity contribution in [1.29, 1.82) is 0 Å². The van der Waals surface area contributed by atoms with Crippen LogP contribution in [0.4, 0.5) is 0 Å². The molecule has 0 aliphatic heterocycles. The van der Waals surface area contributed by atoms with Gasteiger partial charge in [0.2, 0.25) is 0 Å². The Morgan fingerprint density at radius 1 is 1.24 bits per heavy atom. The summed E-state index contributed by atoms with van der Waals surface area (Å²) in [6.07, 6.45) is 2.98. The molecule has 4 heteroatoms. The number of phenols is 1. The van der Waals surface area contributed by atoms with Gasteiger partial charge in [-0.05, 0) is 43.5 Å². The van der Waals surface area contributed by atoms with E-state index < -0.39 is 0 Å². The second-order valence-corrected chi connectivity index (χ2v) is 3.97. The molecule has 0 radical (unpaired) electrons. The van der Waals surface area contributed by atoms with Gasteiger partial charge in [-0.2, -0.15) is 0 Å². The van der Waals surface area contributed by atoms with Crippen LogP contribution in [-0.4, -0.2) is 30.5 Å². The first-order valence-electron chi connectivity index (χ1n) is 5.95. The lowest BCUT2D eigenvalue weighted by Gasteiger charge is -2.08. The quantitative estimate of drug-likeness (QED) is 0.604. The lowest BCUT2D eigenvalue weighted by molar-refractivity contribution is 0.283. The van der Waals surface area contributed by atoms with Crippen molar-refractivity contribution in [2.75, 3.05) is 20.3 Å². The molecule has 0 bridgehead atoms. The van der Waals surface area contributed by atoms with E-state index in [1.807, 2.05) is 12.1 Å². The predicted molar refractivity (Wildman–Crippen MR) is 67.3 cm³/mol. The van der Waals surface area contributed by atoms with Gasteiger partial charge in [0.1, 0.15) is 0 Å². The monoisotopic (exact) mass is 239 g/mol. The van der Waals surface area contributed by atoms with Gasteiger partial charge in [0, 0.05) is 13.2 Å². The van der Waals surface area contributed by atoms with Gasteiger partial charge >= 0.3 is 0 Å². The Morgan fingerprint density at radius 2 is 2.06 bits per heavy atom. The maximum atomic E-state index is 9.43. The number of phenolic OH excluding ortho intramolecular Hbond substituents is 1. The summed E-state index contributed by atoms with van der Waals surface area (Å²) in [5, 5.41) is 21.4. The number of rotatable bonds is 8. The van der Waals surface area contributed by atoms with Crippen LogP contribution in [0.3, 0.4) is 0 Å². The predicted octanol–water partition coefficient (Wildman–Crippen LogP) is 1.65. The van der Waals surface area contributed by atoms with Gasteiger partial charge in [-0.25, -0.2) is 0 Å². The zero-order valence-corrected chi connectivity index (χ0v) is 10.3. The summed E-state index contributed by atoms with van der Waals surface area (Å²) in [5.41, 5.74) is 1.09. The molecule has 17 heavy (non-hydrogen) atoms.